The van der Waals surface area contributed by atoms with Gasteiger partial charge in [0, 0.05) is 25.7 Å². The maximum atomic E-state index is 4.03. The van der Waals surface area contributed by atoms with Gasteiger partial charge < -0.3 is 0 Å². The van der Waals surface area contributed by atoms with Crippen LogP contribution in [0, 0.1) is 0 Å². The number of rotatable bonds is 0. The molecule has 0 aromatic heterocycles. The fourth-order valence-corrected chi connectivity index (χ4v) is 270. The zero-order valence-electron chi connectivity index (χ0n) is 6.15. The molecule has 0 saturated carbocycles. The average Bonchev–Trinajstić information content (AvgIpc) is 2.05. The molecular weight excluding hydrogens is 756 g/mol. The van der Waals surface area contributed by atoms with E-state index in [0.29, 0.717) is 0 Å². The Bertz CT molecular complexity index is 222. The molecule has 77 valence electrons. The molecule has 0 bridgehead atoms. The van der Waals surface area contributed by atoms with E-state index >= 15 is 0 Å². The van der Waals surface area contributed by atoms with Crippen molar-refractivity contribution in [3.63, 3.8) is 0 Å². The highest BCUT2D eigenvalue weighted by molar-refractivity contribution is 9.77. The van der Waals surface area contributed by atoms with Gasteiger partial charge in [0.05, 0.1) is 0 Å². The Labute approximate surface area is 149 Å². The van der Waals surface area contributed by atoms with E-state index < -0.39 is 19.5 Å². The molecule has 1 saturated heterocycles. The Hall–Kier alpha value is 4.88. The normalized spacial score (nSPS) is 31.1. The van der Waals surface area contributed by atoms with E-state index in [4.69, 9.17) is 0 Å². The van der Waals surface area contributed by atoms with Gasteiger partial charge in [0.1, 0.15) is 6.45 Å². The molecule has 1 fully saturated rings. The molecule has 1 aliphatic heterocycles. The third-order valence-electron chi connectivity index (χ3n) is 1.46. The van der Waals surface area contributed by atoms with Crippen molar-refractivity contribution in [2.45, 2.75) is 0 Å². The van der Waals surface area contributed by atoms with Crippen LogP contribution in [0.25, 0.3) is 0 Å². The average molecular weight is 756 g/mol. The summed E-state index contributed by atoms with van der Waals surface area (Å²) in [6, 6.07) is 0. The van der Waals surface area contributed by atoms with Gasteiger partial charge in [-0.1, -0.05) is 0 Å². The van der Waals surface area contributed by atoms with Crippen LogP contribution in [0.1, 0.15) is 0 Å². The van der Waals surface area contributed by atoms with Crippen LogP contribution >= 0.6 is 107 Å². The van der Waals surface area contributed by atoms with Gasteiger partial charge in [-0.25, -0.2) is 0 Å². The molecule has 0 aromatic carbocycles. The predicted octanol–water partition coefficient (Wildman–Crippen LogP) is 3.25. The lowest BCUT2D eigenvalue weighted by Gasteiger charge is -2.37. The molecule has 1 aliphatic rings. The summed E-state index contributed by atoms with van der Waals surface area (Å²) in [4.78, 5) is 0. The Morgan fingerprint density at radius 1 is 0.929 bits per heavy atom. The first kappa shape index (κ1) is 16.9. The Kier molecular flexibility index (Phi) is 7.39. The highest BCUT2D eigenvalue weighted by Gasteiger charge is 2.67. The van der Waals surface area contributed by atoms with Crippen molar-refractivity contribution in [2.24, 2.45) is 0 Å². The highest BCUT2D eigenvalue weighted by Crippen LogP contribution is 2.52. The second-order valence-electron chi connectivity index (χ2n) is 2.41. The van der Waals surface area contributed by atoms with Crippen molar-refractivity contribution in [2.75, 3.05) is 0 Å². The minimum absolute atomic E-state index is 0.407. The van der Waals surface area contributed by atoms with Crippen LogP contribution in [0.15, 0.2) is 0 Å². The van der Waals surface area contributed by atoms with Crippen LogP contribution in [0.4, 0.5) is 0 Å². The Morgan fingerprint density at radius 3 is 1.93 bits per heavy atom. The molecule has 1 rings (SSSR count). The van der Waals surface area contributed by atoms with Crippen LogP contribution < -0.4 is 0 Å². The molecule has 0 aromatic rings. The highest BCUT2D eigenvalue weighted by atomic mass is 79.9. The van der Waals surface area contributed by atoms with E-state index in [9.17, 15) is 0 Å². The van der Waals surface area contributed by atoms with Crippen LogP contribution in [-0.4, -0.2) is 45.2 Å². The summed E-state index contributed by atoms with van der Waals surface area (Å²) in [6.07, 6.45) is 0. The monoisotopic (exact) mass is 748 g/mol. The van der Waals surface area contributed by atoms with Crippen molar-refractivity contribution < 1.29 is 0 Å². The minimum atomic E-state index is -1.57. The third kappa shape index (κ3) is 3.31. The zero-order valence-corrected chi connectivity index (χ0v) is 24.2. The molecule has 0 unspecified atom stereocenters. The molecule has 1 heterocycles. The van der Waals surface area contributed by atoms with Crippen molar-refractivity contribution in [1.82, 2.24) is 0 Å². The number of halogens is 7. The van der Waals surface area contributed by atoms with Gasteiger partial charge in [-0.3, -0.25) is 0 Å². The van der Waals surface area contributed by atoms with Gasteiger partial charge in [-0.2, -0.15) is 0 Å². The Morgan fingerprint density at radius 2 is 1.43 bits per heavy atom. The molecular formula is Br7Si7. The number of hydrogen-bond acceptors (Lipinski definition) is 0. The molecule has 0 amide bonds. The predicted molar refractivity (Wildman–Crippen MR) is 103 cm³/mol. The maximum absolute atomic E-state index is 4.03. The molecule has 0 atom stereocenters. The zero-order chi connectivity index (χ0) is 11.2. The van der Waals surface area contributed by atoms with Gasteiger partial charge in [0.15, 0.2) is 4.35 Å². The van der Waals surface area contributed by atoms with Gasteiger partial charge in [0.2, 0.25) is 8.70 Å². The van der Waals surface area contributed by atoms with E-state index in [1.54, 1.807) is 0 Å². The van der Waals surface area contributed by atoms with Gasteiger partial charge in [-0.05, 0) is 0 Å². The smallest absolute Gasteiger partial charge is 0.135 e. The van der Waals surface area contributed by atoms with Crippen molar-refractivity contribution in [1.29, 1.82) is 0 Å². The van der Waals surface area contributed by atoms with Gasteiger partial charge >= 0.3 is 0 Å². The van der Waals surface area contributed by atoms with Crippen molar-refractivity contribution in [3.8, 4) is 0 Å². The fourth-order valence-electron chi connectivity index (χ4n) is 0.657. The minimum Gasteiger partial charge on any atom is -0.135 e. The molecule has 14 heavy (non-hydrogen) atoms. The molecule has 14 heteroatoms. The molecule has 0 nitrogen and oxygen atoms in total. The summed E-state index contributed by atoms with van der Waals surface area (Å²) in [5.41, 5.74) is 0. The molecule has 7 radical (unpaired) electrons. The first-order valence-corrected chi connectivity index (χ1v) is 36.4. The first-order valence-electron chi connectivity index (χ1n) is 3.07. The summed E-state index contributed by atoms with van der Waals surface area (Å²) in [5.74, 6) is 0. The maximum Gasteiger partial charge on any atom is 0.225 e. The topological polar surface area (TPSA) is 0 Å². The summed E-state index contributed by atoms with van der Waals surface area (Å²) >= 11 is 28.0. The van der Waals surface area contributed by atoms with Gasteiger partial charge in [-0.15, -0.1) is 107 Å². The quantitative estimate of drug-likeness (QED) is 0.264. The van der Waals surface area contributed by atoms with Gasteiger partial charge in [0.25, 0.3) is 0 Å². The lowest BCUT2D eigenvalue weighted by Crippen LogP contribution is -2.67. The van der Waals surface area contributed by atoms with Crippen LogP contribution in [0.3, 0.4) is 0 Å². The van der Waals surface area contributed by atoms with Crippen LogP contribution in [0.2, 0.25) is 0 Å². The lowest BCUT2D eigenvalue weighted by atomic mass is 26.3. The summed E-state index contributed by atoms with van der Waals surface area (Å²) < 4.78 is -4.50. The van der Waals surface area contributed by atoms with Crippen LogP contribution in [-0.2, 0) is 0 Å². The third-order valence-corrected chi connectivity index (χ3v) is 215. The largest absolute Gasteiger partial charge is 0.225 e. The van der Waals surface area contributed by atoms with E-state index in [-0.39, 0.29) is 0 Å². The van der Waals surface area contributed by atoms with Crippen molar-refractivity contribution in [3.05, 3.63) is 0 Å². The number of hydrogen-bond donors (Lipinski definition) is 0. The van der Waals surface area contributed by atoms with E-state index in [0.717, 1.165) is 25.7 Å². The standard InChI is InChI=1S/Br7Si7/c1-11-9-8-10-12(2,3)14(6,7)13(11,4)5. The fraction of sp³-hybridized carbons (Fsp3) is 0. The Balaban J connectivity index is 3.13. The molecule has 0 aliphatic carbocycles. The SMILES string of the molecule is Br[Si]1[Si][Si][Si][Si](Br)(Br)[Si](Br)(Br)[Si]1(Br)Br. The van der Waals surface area contributed by atoms with E-state index in [1.165, 1.54) is 0 Å². The molecule has 0 spiro atoms. The first-order chi connectivity index (χ1) is 6.13. The summed E-state index contributed by atoms with van der Waals surface area (Å²) in [6.45, 7) is -0.407. The summed E-state index contributed by atoms with van der Waals surface area (Å²) in [5, 5.41) is 0. The lowest BCUT2D eigenvalue weighted by molar-refractivity contribution is 3.64. The molecule has 0 N–H and O–H groups in total. The van der Waals surface area contributed by atoms with Crippen molar-refractivity contribution >= 4 is 152 Å². The summed E-state index contributed by atoms with van der Waals surface area (Å²) in [7, 11) is 3.34. The second kappa shape index (κ2) is 6.11. The van der Waals surface area contributed by atoms with E-state index in [1.807, 2.05) is 0 Å². The second-order valence-corrected chi connectivity index (χ2v) is 103. The van der Waals surface area contributed by atoms with E-state index in [2.05, 4.69) is 107 Å². The van der Waals surface area contributed by atoms with Crippen LogP contribution in [0.5, 0.6) is 0 Å².